The summed E-state index contributed by atoms with van der Waals surface area (Å²) in [5, 5.41) is 0.990. The Kier molecular flexibility index (Phi) is 6.62. The number of alkyl halides is 1. The molecule has 0 saturated carbocycles. The molecule has 1 aliphatic rings. The van der Waals surface area contributed by atoms with E-state index in [0.717, 1.165) is 22.9 Å². The van der Waals surface area contributed by atoms with E-state index in [1.165, 1.54) is 0 Å². The Balaban J connectivity index is 1.45. The summed E-state index contributed by atoms with van der Waals surface area (Å²) in [4.78, 5) is 31.9. The highest BCUT2D eigenvalue weighted by molar-refractivity contribution is 9.09. The van der Waals surface area contributed by atoms with Gasteiger partial charge in [-0.25, -0.2) is 0 Å². The molecule has 0 bridgehead atoms. The van der Waals surface area contributed by atoms with E-state index in [2.05, 4.69) is 27.5 Å². The van der Waals surface area contributed by atoms with Crippen molar-refractivity contribution in [3.63, 3.8) is 0 Å². The predicted molar refractivity (Wildman–Crippen MR) is 127 cm³/mol. The van der Waals surface area contributed by atoms with E-state index < -0.39 is 0 Å². The van der Waals surface area contributed by atoms with E-state index in [9.17, 15) is 9.59 Å². The highest BCUT2D eigenvalue weighted by atomic mass is 79.9. The van der Waals surface area contributed by atoms with Gasteiger partial charge in [-0.15, -0.1) is 6.58 Å². The number of carbonyl (C=O) groups excluding carboxylic acids is 2. The molecule has 31 heavy (non-hydrogen) atoms. The summed E-state index contributed by atoms with van der Waals surface area (Å²) in [6, 6.07) is 19.1. The molecule has 0 N–H and O–H groups in total. The van der Waals surface area contributed by atoms with Crippen LogP contribution in [0.3, 0.4) is 0 Å². The van der Waals surface area contributed by atoms with Crippen molar-refractivity contribution in [2.75, 3.05) is 13.1 Å². The molecule has 158 valence electrons. The third-order valence-corrected chi connectivity index (χ3v) is 7.12. The molecule has 1 saturated heterocycles. The van der Waals surface area contributed by atoms with E-state index in [1.54, 1.807) is 6.20 Å². The zero-order valence-corrected chi connectivity index (χ0v) is 18.9. The van der Waals surface area contributed by atoms with E-state index in [-0.39, 0.29) is 28.4 Å². The van der Waals surface area contributed by atoms with Crippen LogP contribution in [0.25, 0.3) is 10.9 Å². The molecule has 5 heteroatoms. The fourth-order valence-corrected chi connectivity index (χ4v) is 4.96. The minimum Gasteiger partial charge on any atom is -0.338 e. The standard InChI is InChI=1S/C26H25BrN2O2/c1-2-18-17-29(26(31)19-8-4-3-5-9-19)15-13-20(18)16-24(30)25(27)22-12-14-28-23-11-7-6-10-21(22)23/h2-12,14,18,20,25H,1,13,15-17H2. The zero-order chi connectivity index (χ0) is 21.8. The number of aromatic nitrogens is 1. The van der Waals surface area contributed by atoms with Crippen LogP contribution in [0.5, 0.6) is 0 Å². The number of amides is 1. The number of hydrogen-bond donors (Lipinski definition) is 0. The first kappa shape index (κ1) is 21.4. The lowest BCUT2D eigenvalue weighted by atomic mass is 9.81. The second kappa shape index (κ2) is 9.56. The van der Waals surface area contributed by atoms with Crippen LogP contribution in [0.15, 0.2) is 79.5 Å². The van der Waals surface area contributed by atoms with E-state index in [4.69, 9.17) is 0 Å². The molecule has 4 rings (SSSR count). The second-order valence-electron chi connectivity index (χ2n) is 8.02. The van der Waals surface area contributed by atoms with Gasteiger partial charge in [-0.2, -0.15) is 0 Å². The molecule has 1 aromatic heterocycles. The Morgan fingerprint density at radius 1 is 1.13 bits per heavy atom. The van der Waals surface area contributed by atoms with Gasteiger partial charge in [0.2, 0.25) is 0 Å². The van der Waals surface area contributed by atoms with Gasteiger partial charge in [-0.1, -0.05) is 58.4 Å². The number of fused-ring (bicyclic) bond motifs is 1. The second-order valence-corrected chi connectivity index (χ2v) is 8.93. The fraction of sp³-hybridized carbons (Fsp3) is 0.269. The predicted octanol–water partition coefficient (Wildman–Crippen LogP) is 5.59. The number of Topliss-reactive ketones (excluding diaryl/α,β-unsaturated/α-hetero) is 1. The summed E-state index contributed by atoms with van der Waals surface area (Å²) in [7, 11) is 0. The van der Waals surface area contributed by atoms with Gasteiger partial charge in [0.05, 0.1) is 10.3 Å². The summed E-state index contributed by atoms with van der Waals surface area (Å²) in [5.74, 6) is 0.465. The van der Waals surface area contributed by atoms with Crippen molar-refractivity contribution in [1.82, 2.24) is 9.88 Å². The first-order chi connectivity index (χ1) is 15.1. The number of hydrogen-bond acceptors (Lipinski definition) is 3. The highest BCUT2D eigenvalue weighted by Crippen LogP contribution is 2.35. The van der Waals surface area contributed by atoms with Crippen LogP contribution in [0.4, 0.5) is 0 Å². The van der Waals surface area contributed by atoms with Gasteiger partial charge >= 0.3 is 0 Å². The maximum Gasteiger partial charge on any atom is 0.253 e. The minimum atomic E-state index is -0.380. The van der Waals surface area contributed by atoms with Gasteiger partial charge in [-0.3, -0.25) is 14.6 Å². The van der Waals surface area contributed by atoms with Gasteiger partial charge in [0.15, 0.2) is 5.78 Å². The van der Waals surface area contributed by atoms with E-state index >= 15 is 0 Å². The largest absolute Gasteiger partial charge is 0.338 e. The molecular formula is C26H25BrN2O2. The van der Waals surface area contributed by atoms with Crippen LogP contribution in [-0.2, 0) is 4.79 Å². The Morgan fingerprint density at radius 2 is 1.87 bits per heavy atom. The topological polar surface area (TPSA) is 50.3 Å². The number of benzene rings is 2. The lowest BCUT2D eigenvalue weighted by Crippen LogP contribution is -2.43. The van der Waals surface area contributed by atoms with Gasteiger partial charge in [0.1, 0.15) is 0 Å². The molecule has 2 heterocycles. The van der Waals surface area contributed by atoms with Crippen molar-refractivity contribution in [3.8, 4) is 0 Å². The van der Waals surface area contributed by atoms with E-state index in [1.807, 2.05) is 71.6 Å². The third-order valence-electron chi connectivity index (χ3n) is 6.12. The zero-order valence-electron chi connectivity index (χ0n) is 17.3. The number of para-hydroxylation sites is 1. The lowest BCUT2D eigenvalue weighted by molar-refractivity contribution is -0.120. The first-order valence-electron chi connectivity index (χ1n) is 10.6. The van der Waals surface area contributed by atoms with Crippen LogP contribution < -0.4 is 0 Å². The summed E-state index contributed by atoms with van der Waals surface area (Å²) >= 11 is 3.64. The number of ketones is 1. The smallest absolute Gasteiger partial charge is 0.253 e. The molecular weight excluding hydrogens is 452 g/mol. The maximum absolute atomic E-state index is 13.2. The molecule has 0 radical (unpaired) electrons. The van der Waals surface area contributed by atoms with Crippen LogP contribution >= 0.6 is 15.9 Å². The Hall–Kier alpha value is -2.79. The Morgan fingerprint density at radius 3 is 2.65 bits per heavy atom. The summed E-state index contributed by atoms with van der Waals surface area (Å²) in [6.45, 7) is 5.23. The third kappa shape index (κ3) is 4.62. The van der Waals surface area contributed by atoms with Gasteiger partial charge in [0, 0.05) is 36.7 Å². The summed E-state index contributed by atoms with van der Waals surface area (Å²) in [6.07, 6.45) is 4.89. The number of carbonyl (C=O) groups is 2. The first-order valence-corrected chi connectivity index (χ1v) is 11.5. The van der Waals surface area contributed by atoms with Crippen molar-refractivity contribution in [2.24, 2.45) is 11.8 Å². The number of rotatable bonds is 6. The van der Waals surface area contributed by atoms with Crippen LogP contribution in [0, 0.1) is 11.8 Å². The number of halogens is 1. The molecule has 0 spiro atoms. The number of pyridine rings is 1. The van der Waals surface area contributed by atoms with Crippen LogP contribution in [0.1, 0.15) is 33.6 Å². The quantitative estimate of drug-likeness (QED) is 0.343. The monoisotopic (exact) mass is 476 g/mol. The van der Waals surface area contributed by atoms with Crippen molar-refractivity contribution < 1.29 is 9.59 Å². The lowest BCUT2D eigenvalue weighted by Gasteiger charge is -2.37. The molecule has 3 aromatic rings. The average Bonchev–Trinajstić information content (AvgIpc) is 2.83. The molecule has 3 unspecified atom stereocenters. The number of nitrogens with zero attached hydrogens (tertiary/aromatic N) is 2. The van der Waals surface area contributed by atoms with Crippen molar-refractivity contribution in [1.29, 1.82) is 0 Å². The van der Waals surface area contributed by atoms with Gasteiger partial charge in [0.25, 0.3) is 5.91 Å². The van der Waals surface area contributed by atoms with Crippen molar-refractivity contribution >= 4 is 38.5 Å². The Bertz CT molecular complexity index is 1090. The normalized spacial score (nSPS) is 19.7. The molecule has 1 amide bonds. The van der Waals surface area contributed by atoms with Gasteiger partial charge in [-0.05, 0) is 48.1 Å². The van der Waals surface area contributed by atoms with Crippen molar-refractivity contribution in [3.05, 3.63) is 90.6 Å². The van der Waals surface area contributed by atoms with Crippen molar-refractivity contribution in [2.45, 2.75) is 17.7 Å². The molecule has 4 nitrogen and oxygen atoms in total. The minimum absolute atomic E-state index is 0.0406. The number of piperidine rings is 1. The molecule has 1 aliphatic heterocycles. The molecule has 0 aliphatic carbocycles. The Labute approximate surface area is 191 Å². The molecule has 3 atom stereocenters. The van der Waals surface area contributed by atoms with Gasteiger partial charge < -0.3 is 4.90 Å². The fourth-order valence-electron chi connectivity index (χ4n) is 4.37. The maximum atomic E-state index is 13.2. The summed E-state index contributed by atoms with van der Waals surface area (Å²) < 4.78 is 0. The molecule has 1 fully saturated rings. The van der Waals surface area contributed by atoms with E-state index in [0.29, 0.717) is 25.1 Å². The SMILES string of the molecule is C=CC1CN(C(=O)c2ccccc2)CCC1CC(=O)C(Br)c1ccnc2ccccc12. The average molecular weight is 477 g/mol. The highest BCUT2D eigenvalue weighted by Gasteiger charge is 2.33. The summed E-state index contributed by atoms with van der Waals surface area (Å²) in [5.41, 5.74) is 2.53. The molecule has 2 aromatic carbocycles. The number of likely N-dealkylation sites (tertiary alicyclic amines) is 1. The van der Waals surface area contributed by atoms with Crippen LogP contribution in [-0.4, -0.2) is 34.7 Å². The van der Waals surface area contributed by atoms with Crippen LogP contribution in [0.2, 0.25) is 0 Å².